The molecule has 7 heteroatoms. The molecule has 3 aromatic rings. The van der Waals surface area contributed by atoms with Crippen LogP contribution in [-0.2, 0) is 20.9 Å². The van der Waals surface area contributed by atoms with E-state index in [2.05, 4.69) is 20.9 Å². The summed E-state index contributed by atoms with van der Waals surface area (Å²) in [4.78, 5) is 16.9. The third-order valence-corrected chi connectivity index (χ3v) is 6.61. The molecule has 0 fully saturated rings. The van der Waals surface area contributed by atoms with Crippen molar-refractivity contribution in [3.8, 4) is 0 Å². The van der Waals surface area contributed by atoms with Crippen LogP contribution in [0.3, 0.4) is 0 Å². The minimum Gasteiger partial charge on any atom is -0.289 e. The molecule has 3 rings (SSSR count). The van der Waals surface area contributed by atoms with Gasteiger partial charge < -0.3 is 0 Å². The van der Waals surface area contributed by atoms with E-state index in [0.717, 1.165) is 5.56 Å². The van der Waals surface area contributed by atoms with Gasteiger partial charge in [0.15, 0.2) is 15.6 Å². The van der Waals surface area contributed by atoms with Gasteiger partial charge in [0.05, 0.1) is 10.6 Å². The first-order valence-electron chi connectivity index (χ1n) is 8.01. The van der Waals surface area contributed by atoms with Crippen molar-refractivity contribution < 1.29 is 13.2 Å². The normalized spacial score (nSPS) is 11.3. The van der Waals surface area contributed by atoms with E-state index < -0.39 is 9.84 Å². The van der Waals surface area contributed by atoms with Crippen molar-refractivity contribution in [1.29, 1.82) is 0 Å². The number of aromatic nitrogens is 1. The fourth-order valence-electron chi connectivity index (χ4n) is 2.62. The Morgan fingerprint density at radius 2 is 1.67 bits per heavy atom. The number of pyridine rings is 1. The smallest absolute Gasteiger partial charge is 0.193 e. The average molecular weight is 465 g/mol. The molecule has 0 aliphatic carbocycles. The van der Waals surface area contributed by atoms with Gasteiger partial charge in [-0.05, 0) is 47.5 Å². The molecule has 0 saturated carbocycles. The van der Waals surface area contributed by atoms with Crippen LogP contribution in [0.25, 0.3) is 0 Å². The highest BCUT2D eigenvalue weighted by atomic mass is 79.9. The highest BCUT2D eigenvalue weighted by Gasteiger charge is 2.21. The lowest BCUT2D eigenvalue weighted by Crippen LogP contribution is -2.11. The van der Waals surface area contributed by atoms with Crippen LogP contribution in [-0.4, -0.2) is 19.2 Å². The molecular formula is C20H15BrClNO3S. The number of sulfone groups is 1. The number of ketones is 1. The molecule has 0 N–H and O–H groups in total. The van der Waals surface area contributed by atoms with Crippen LogP contribution in [0.1, 0.15) is 27.0 Å². The van der Waals surface area contributed by atoms with E-state index in [1.807, 2.05) is 0 Å². The van der Waals surface area contributed by atoms with Gasteiger partial charge in [-0.15, -0.1) is 0 Å². The van der Waals surface area contributed by atoms with Gasteiger partial charge in [-0.2, -0.15) is 0 Å². The predicted molar refractivity (Wildman–Crippen MR) is 109 cm³/mol. The zero-order valence-electron chi connectivity index (χ0n) is 14.1. The fraction of sp³-hybridized carbons (Fsp3) is 0.100. The molecule has 0 aliphatic rings. The SMILES string of the molecule is O=C(c1ccncc1)c1cc(Cl)ccc1CS(=O)(=O)c1ccc(CBr)cc1. The van der Waals surface area contributed by atoms with Gasteiger partial charge in [0.2, 0.25) is 0 Å². The van der Waals surface area contributed by atoms with Crippen molar-refractivity contribution in [2.45, 2.75) is 16.0 Å². The molecule has 138 valence electrons. The van der Waals surface area contributed by atoms with E-state index in [0.29, 0.717) is 21.5 Å². The van der Waals surface area contributed by atoms with Crippen molar-refractivity contribution in [1.82, 2.24) is 4.98 Å². The first-order chi connectivity index (χ1) is 12.9. The Labute approximate surface area is 171 Å². The molecule has 0 atom stereocenters. The maximum atomic E-state index is 12.8. The Morgan fingerprint density at radius 1 is 1.00 bits per heavy atom. The summed E-state index contributed by atoms with van der Waals surface area (Å²) < 4.78 is 25.7. The second-order valence-electron chi connectivity index (χ2n) is 5.90. The zero-order chi connectivity index (χ0) is 19.4. The molecule has 0 unspecified atom stereocenters. The second-order valence-corrected chi connectivity index (χ2v) is 8.89. The van der Waals surface area contributed by atoms with Crippen LogP contribution < -0.4 is 0 Å². The molecule has 2 aromatic carbocycles. The number of hydrogen-bond donors (Lipinski definition) is 0. The number of hydrogen-bond acceptors (Lipinski definition) is 4. The van der Waals surface area contributed by atoms with Crippen molar-refractivity contribution in [2.24, 2.45) is 0 Å². The van der Waals surface area contributed by atoms with E-state index in [4.69, 9.17) is 11.6 Å². The largest absolute Gasteiger partial charge is 0.289 e. The summed E-state index contributed by atoms with van der Waals surface area (Å²) in [5.41, 5.74) is 2.08. The summed E-state index contributed by atoms with van der Waals surface area (Å²) in [5, 5.41) is 1.02. The second kappa shape index (κ2) is 8.33. The van der Waals surface area contributed by atoms with Gasteiger partial charge in [-0.1, -0.05) is 45.7 Å². The monoisotopic (exact) mass is 463 g/mol. The maximum Gasteiger partial charge on any atom is 0.193 e. The number of rotatable bonds is 6. The molecule has 0 saturated heterocycles. The molecule has 0 aliphatic heterocycles. The number of alkyl halides is 1. The van der Waals surface area contributed by atoms with Crippen LogP contribution in [0.2, 0.25) is 5.02 Å². The first kappa shape index (κ1) is 19.7. The number of benzene rings is 2. The number of nitrogens with zero attached hydrogens (tertiary/aromatic N) is 1. The Bertz CT molecular complexity index is 1070. The van der Waals surface area contributed by atoms with E-state index in [9.17, 15) is 13.2 Å². The molecule has 0 radical (unpaired) electrons. The third-order valence-electron chi connectivity index (χ3n) is 4.04. The quantitative estimate of drug-likeness (QED) is 0.387. The Morgan fingerprint density at radius 3 is 2.30 bits per heavy atom. The van der Waals surface area contributed by atoms with E-state index in [1.54, 1.807) is 48.5 Å². The number of carbonyl (C=O) groups is 1. The highest BCUT2D eigenvalue weighted by Crippen LogP contribution is 2.24. The third kappa shape index (κ3) is 4.64. The van der Waals surface area contributed by atoms with Crippen LogP contribution in [0.15, 0.2) is 71.9 Å². The topological polar surface area (TPSA) is 64.1 Å². The molecule has 4 nitrogen and oxygen atoms in total. The number of halogens is 2. The first-order valence-corrected chi connectivity index (χ1v) is 11.2. The zero-order valence-corrected chi connectivity index (χ0v) is 17.3. The predicted octanol–water partition coefficient (Wildman–Crippen LogP) is 4.83. The van der Waals surface area contributed by atoms with Crippen molar-refractivity contribution >= 4 is 43.2 Å². The van der Waals surface area contributed by atoms with Gasteiger partial charge in [0.25, 0.3) is 0 Å². The highest BCUT2D eigenvalue weighted by molar-refractivity contribution is 9.08. The van der Waals surface area contributed by atoms with Crippen LogP contribution >= 0.6 is 27.5 Å². The minimum absolute atomic E-state index is 0.212. The summed E-state index contributed by atoms with van der Waals surface area (Å²) in [5.74, 6) is -0.580. The van der Waals surface area contributed by atoms with Gasteiger partial charge in [0, 0.05) is 33.9 Å². The molecule has 0 spiro atoms. The summed E-state index contributed by atoms with van der Waals surface area (Å²) in [6.07, 6.45) is 3.03. The Kier molecular flexibility index (Phi) is 6.09. The molecule has 0 amide bonds. The van der Waals surface area contributed by atoms with Gasteiger partial charge in [-0.3, -0.25) is 9.78 Å². The van der Waals surface area contributed by atoms with Crippen LogP contribution in [0.4, 0.5) is 0 Å². The van der Waals surface area contributed by atoms with Gasteiger partial charge >= 0.3 is 0 Å². The molecule has 0 bridgehead atoms. The Balaban J connectivity index is 1.98. The van der Waals surface area contributed by atoms with Crippen molar-refractivity contribution in [3.63, 3.8) is 0 Å². The standard InChI is InChI=1S/C20H15BrClNO3S/c21-12-14-1-5-18(6-2-14)27(25,26)13-16-3-4-17(22)11-19(16)20(24)15-7-9-23-10-8-15/h1-11H,12-13H2. The molecular weight excluding hydrogens is 450 g/mol. The molecule has 1 heterocycles. The fourth-order valence-corrected chi connectivity index (χ4v) is 4.54. The average Bonchev–Trinajstić information content (AvgIpc) is 2.69. The summed E-state index contributed by atoms with van der Waals surface area (Å²) in [6.45, 7) is 0. The van der Waals surface area contributed by atoms with E-state index >= 15 is 0 Å². The van der Waals surface area contributed by atoms with E-state index in [1.165, 1.54) is 18.5 Å². The Hall–Kier alpha value is -2.02. The summed E-state index contributed by atoms with van der Waals surface area (Å²) in [6, 6.07) is 14.5. The lowest BCUT2D eigenvalue weighted by Gasteiger charge is -2.11. The molecule has 1 aromatic heterocycles. The van der Waals surface area contributed by atoms with Crippen LogP contribution in [0.5, 0.6) is 0 Å². The van der Waals surface area contributed by atoms with Gasteiger partial charge in [-0.25, -0.2) is 8.42 Å². The van der Waals surface area contributed by atoms with Crippen molar-refractivity contribution in [3.05, 3.63) is 94.3 Å². The lowest BCUT2D eigenvalue weighted by molar-refractivity contribution is 0.103. The minimum atomic E-state index is -3.61. The van der Waals surface area contributed by atoms with Crippen LogP contribution in [0, 0.1) is 0 Å². The van der Waals surface area contributed by atoms with E-state index in [-0.39, 0.29) is 22.0 Å². The lowest BCUT2D eigenvalue weighted by atomic mass is 10.00. The number of carbonyl (C=O) groups excluding carboxylic acids is 1. The molecule has 27 heavy (non-hydrogen) atoms. The van der Waals surface area contributed by atoms with Gasteiger partial charge in [0.1, 0.15) is 0 Å². The summed E-state index contributed by atoms with van der Waals surface area (Å²) in [7, 11) is -3.61. The summed E-state index contributed by atoms with van der Waals surface area (Å²) >= 11 is 9.39. The van der Waals surface area contributed by atoms with Crippen molar-refractivity contribution in [2.75, 3.05) is 0 Å². The maximum absolute atomic E-state index is 12.8.